The Labute approximate surface area is 169 Å². The van der Waals surface area contributed by atoms with Crippen molar-refractivity contribution in [2.24, 2.45) is 11.7 Å². The Morgan fingerprint density at radius 3 is 2.33 bits per heavy atom. The van der Waals surface area contributed by atoms with Gasteiger partial charge in [0.1, 0.15) is 0 Å². The van der Waals surface area contributed by atoms with Crippen LogP contribution in [0.3, 0.4) is 0 Å². The van der Waals surface area contributed by atoms with Gasteiger partial charge in [-0.2, -0.15) is 4.31 Å². The topological polar surface area (TPSA) is 92.5 Å². The number of halogens is 1. The lowest BCUT2D eigenvalue weighted by Crippen LogP contribution is -2.41. The highest BCUT2D eigenvalue weighted by Crippen LogP contribution is 2.23. The molecule has 8 heteroatoms. The summed E-state index contributed by atoms with van der Waals surface area (Å²) in [5.74, 6) is 0.440. The molecule has 1 heterocycles. The molecule has 6 nitrogen and oxygen atoms in total. The van der Waals surface area contributed by atoms with Crippen molar-refractivity contribution in [2.45, 2.75) is 49.8 Å². The van der Waals surface area contributed by atoms with Gasteiger partial charge in [-0.25, -0.2) is 8.42 Å². The van der Waals surface area contributed by atoms with Gasteiger partial charge in [-0.05, 0) is 50.3 Å². The average Bonchev–Trinajstić information content (AvgIpc) is 2.67. The van der Waals surface area contributed by atoms with Crippen LogP contribution in [0.1, 0.15) is 44.9 Å². The second-order valence-corrected chi connectivity index (χ2v) is 8.86. The summed E-state index contributed by atoms with van der Waals surface area (Å²) in [4.78, 5) is 12.2. The first kappa shape index (κ1) is 23.9. The molecule has 2 rings (SSSR count). The van der Waals surface area contributed by atoms with E-state index >= 15 is 0 Å². The van der Waals surface area contributed by atoms with E-state index in [0.29, 0.717) is 43.4 Å². The van der Waals surface area contributed by atoms with Crippen molar-refractivity contribution < 1.29 is 13.2 Å². The number of hydrogen-bond donors (Lipinski definition) is 2. The molecule has 1 aromatic carbocycles. The van der Waals surface area contributed by atoms with Gasteiger partial charge in [-0.1, -0.05) is 31.0 Å². The minimum Gasteiger partial charge on any atom is -0.356 e. The SMILES string of the molecule is Cl.NCCCCCCC(=O)NCC1CCN(S(=O)(=O)c2ccccc2)CC1. The lowest BCUT2D eigenvalue weighted by atomic mass is 9.98. The van der Waals surface area contributed by atoms with Crippen molar-refractivity contribution >= 4 is 28.3 Å². The maximum atomic E-state index is 12.6. The Morgan fingerprint density at radius 2 is 1.70 bits per heavy atom. The number of carbonyl (C=O) groups is 1. The molecule has 0 spiro atoms. The predicted octanol–water partition coefficient (Wildman–Crippen LogP) is 2.53. The van der Waals surface area contributed by atoms with Crippen LogP contribution < -0.4 is 11.1 Å². The van der Waals surface area contributed by atoms with Crippen molar-refractivity contribution in [3.8, 4) is 0 Å². The number of nitrogens with zero attached hydrogens (tertiary/aromatic N) is 1. The Balaban J connectivity index is 0.00000364. The van der Waals surface area contributed by atoms with Gasteiger partial charge in [-0.3, -0.25) is 4.79 Å². The molecule has 154 valence electrons. The number of nitrogens with one attached hydrogen (secondary N) is 1. The van der Waals surface area contributed by atoms with Gasteiger partial charge in [0.25, 0.3) is 0 Å². The molecular weight excluding hydrogens is 386 g/mol. The van der Waals surface area contributed by atoms with Crippen molar-refractivity contribution in [3.63, 3.8) is 0 Å². The van der Waals surface area contributed by atoms with E-state index in [9.17, 15) is 13.2 Å². The first-order chi connectivity index (χ1) is 12.5. The summed E-state index contributed by atoms with van der Waals surface area (Å²) >= 11 is 0. The highest BCUT2D eigenvalue weighted by Gasteiger charge is 2.29. The molecule has 1 fully saturated rings. The normalized spacial score (nSPS) is 15.9. The van der Waals surface area contributed by atoms with Crippen molar-refractivity contribution in [1.29, 1.82) is 0 Å². The molecule has 0 saturated carbocycles. The van der Waals surface area contributed by atoms with E-state index in [0.717, 1.165) is 38.5 Å². The zero-order chi connectivity index (χ0) is 18.8. The minimum absolute atomic E-state index is 0. The molecule has 0 bridgehead atoms. The van der Waals surface area contributed by atoms with Gasteiger partial charge in [0.15, 0.2) is 0 Å². The maximum absolute atomic E-state index is 12.6. The number of carbonyl (C=O) groups excluding carboxylic acids is 1. The highest BCUT2D eigenvalue weighted by atomic mass is 35.5. The van der Waals surface area contributed by atoms with Crippen LogP contribution in [0.15, 0.2) is 35.2 Å². The Hall–Kier alpha value is -1.15. The molecule has 0 aliphatic carbocycles. The lowest BCUT2D eigenvalue weighted by molar-refractivity contribution is -0.121. The molecular formula is C19H32ClN3O3S. The van der Waals surface area contributed by atoms with Crippen molar-refractivity contribution in [2.75, 3.05) is 26.2 Å². The Morgan fingerprint density at radius 1 is 1.07 bits per heavy atom. The molecule has 1 amide bonds. The summed E-state index contributed by atoms with van der Waals surface area (Å²) < 4.78 is 26.8. The van der Waals surface area contributed by atoms with Gasteiger partial charge in [0, 0.05) is 26.1 Å². The van der Waals surface area contributed by atoms with E-state index in [1.54, 1.807) is 28.6 Å². The number of piperidine rings is 1. The molecule has 3 N–H and O–H groups in total. The molecule has 1 saturated heterocycles. The summed E-state index contributed by atoms with van der Waals surface area (Å²) in [6.07, 6.45) is 6.17. The van der Waals surface area contributed by atoms with Crippen LogP contribution in [0, 0.1) is 5.92 Å². The van der Waals surface area contributed by atoms with E-state index < -0.39 is 10.0 Å². The molecule has 27 heavy (non-hydrogen) atoms. The first-order valence-corrected chi connectivity index (χ1v) is 11.0. The maximum Gasteiger partial charge on any atom is 0.243 e. The first-order valence-electron chi connectivity index (χ1n) is 9.56. The molecule has 1 aliphatic rings. The fourth-order valence-corrected chi connectivity index (χ4v) is 4.72. The average molecular weight is 418 g/mol. The third kappa shape index (κ3) is 7.78. The molecule has 1 aromatic rings. The van der Waals surface area contributed by atoms with Crippen LogP contribution in [-0.2, 0) is 14.8 Å². The number of hydrogen-bond acceptors (Lipinski definition) is 4. The zero-order valence-corrected chi connectivity index (χ0v) is 17.4. The van der Waals surface area contributed by atoms with Crippen LogP contribution in [0.2, 0.25) is 0 Å². The quantitative estimate of drug-likeness (QED) is 0.572. The largest absolute Gasteiger partial charge is 0.356 e. The molecule has 1 aliphatic heterocycles. The number of rotatable bonds is 10. The Kier molecular flexibility index (Phi) is 10.9. The molecule has 0 aromatic heterocycles. The van der Waals surface area contributed by atoms with Gasteiger partial charge >= 0.3 is 0 Å². The van der Waals surface area contributed by atoms with Crippen molar-refractivity contribution in [3.05, 3.63) is 30.3 Å². The van der Waals surface area contributed by atoms with E-state index in [1.165, 1.54) is 0 Å². The monoisotopic (exact) mass is 417 g/mol. The second-order valence-electron chi connectivity index (χ2n) is 6.92. The van der Waals surface area contributed by atoms with E-state index in [4.69, 9.17) is 5.73 Å². The third-order valence-electron chi connectivity index (χ3n) is 4.90. The van der Waals surface area contributed by atoms with Gasteiger partial charge in [0.2, 0.25) is 15.9 Å². The lowest BCUT2D eigenvalue weighted by Gasteiger charge is -2.31. The zero-order valence-electron chi connectivity index (χ0n) is 15.8. The number of unbranched alkanes of at least 4 members (excludes halogenated alkanes) is 3. The number of benzene rings is 1. The van der Waals surface area contributed by atoms with Gasteiger partial charge in [-0.15, -0.1) is 12.4 Å². The fourth-order valence-electron chi connectivity index (χ4n) is 3.23. The van der Waals surface area contributed by atoms with E-state index in [2.05, 4.69) is 5.32 Å². The van der Waals surface area contributed by atoms with Crippen LogP contribution >= 0.6 is 12.4 Å². The fraction of sp³-hybridized carbons (Fsp3) is 0.632. The molecule has 0 unspecified atom stereocenters. The van der Waals surface area contributed by atoms with Crippen LogP contribution in [0.25, 0.3) is 0 Å². The number of nitrogens with two attached hydrogens (primary N) is 1. The summed E-state index contributed by atoms with van der Waals surface area (Å²) in [6.45, 7) is 2.37. The number of amides is 1. The van der Waals surface area contributed by atoms with Crippen LogP contribution in [-0.4, -0.2) is 44.8 Å². The highest BCUT2D eigenvalue weighted by molar-refractivity contribution is 7.89. The van der Waals surface area contributed by atoms with Gasteiger partial charge in [0.05, 0.1) is 4.90 Å². The smallest absolute Gasteiger partial charge is 0.243 e. The standard InChI is InChI=1S/C19H31N3O3S.ClH/c20-13-7-2-1-6-10-19(23)21-16-17-11-14-22(15-12-17)26(24,25)18-8-4-3-5-9-18;/h3-5,8-9,17H,1-2,6-7,10-16,20H2,(H,21,23);1H. The Bertz CT molecular complexity index is 647. The summed E-state index contributed by atoms with van der Waals surface area (Å²) in [7, 11) is -3.40. The summed E-state index contributed by atoms with van der Waals surface area (Å²) in [5.41, 5.74) is 5.45. The van der Waals surface area contributed by atoms with E-state index in [1.807, 2.05) is 6.07 Å². The van der Waals surface area contributed by atoms with Crippen LogP contribution in [0.5, 0.6) is 0 Å². The summed E-state index contributed by atoms with van der Waals surface area (Å²) in [5, 5.41) is 3.00. The van der Waals surface area contributed by atoms with E-state index in [-0.39, 0.29) is 18.3 Å². The van der Waals surface area contributed by atoms with Crippen LogP contribution in [0.4, 0.5) is 0 Å². The molecule has 0 atom stereocenters. The predicted molar refractivity (Wildman–Crippen MR) is 110 cm³/mol. The molecule has 0 radical (unpaired) electrons. The van der Waals surface area contributed by atoms with Crippen molar-refractivity contribution in [1.82, 2.24) is 9.62 Å². The number of sulfonamides is 1. The summed E-state index contributed by atoms with van der Waals surface area (Å²) in [6, 6.07) is 8.56. The minimum atomic E-state index is -3.40. The second kappa shape index (κ2) is 12.3. The van der Waals surface area contributed by atoms with Gasteiger partial charge < -0.3 is 11.1 Å². The third-order valence-corrected chi connectivity index (χ3v) is 6.81.